The highest BCUT2D eigenvalue weighted by molar-refractivity contribution is 6.00. The van der Waals surface area contributed by atoms with Gasteiger partial charge in [-0.15, -0.1) is 0 Å². The van der Waals surface area contributed by atoms with Gasteiger partial charge in [0.25, 0.3) is 0 Å². The van der Waals surface area contributed by atoms with Crippen LogP contribution in [0.1, 0.15) is 30.4 Å². The number of hydrogen-bond acceptors (Lipinski definition) is 3. The summed E-state index contributed by atoms with van der Waals surface area (Å²) in [6, 6.07) is 9.23. The molecule has 0 atom stereocenters. The van der Waals surface area contributed by atoms with Crippen molar-refractivity contribution in [3.63, 3.8) is 0 Å². The van der Waals surface area contributed by atoms with Crippen LogP contribution in [0.3, 0.4) is 0 Å². The number of hydrogen-bond donors (Lipinski definition) is 1. The number of nitrogens with one attached hydrogen (secondary N) is 1. The second-order valence-corrected chi connectivity index (χ2v) is 4.85. The number of benzene rings is 1. The highest BCUT2D eigenvalue weighted by atomic mass is 16.2. The zero-order valence-electron chi connectivity index (χ0n) is 10.9. The first-order valence-electron chi connectivity index (χ1n) is 6.52. The van der Waals surface area contributed by atoms with E-state index in [0.717, 1.165) is 31.5 Å². The van der Waals surface area contributed by atoms with Gasteiger partial charge >= 0.3 is 0 Å². The lowest BCUT2D eigenvalue weighted by atomic mass is 10.0. The molecule has 0 unspecified atom stereocenters. The fraction of sp³-hybridized carbons (Fsp3) is 0.400. The van der Waals surface area contributed by atoms with Gasteiger partial charge in [-0.1, -0.05) is 12.1 Å². The molecule has 0 bridgehead atoms. The number of carbonyl (C=O) groups excluding carboxylic acids is 1. The molecule has 1 aliphatic rings. The van der Waals surface area contributed by atoms with Crippen molar-refractivity contribution in [2.45, 2.75) is 25.7 Å². The van der Waals surface area contributed by atoms with E-state index in [1.165, 1.54) is 0 Å². The lowest BCUT2D eigenvalue weighted by molar-refractivity contribution is -0.128. The summed E-state index contributed by atoms with van der Waals surface area (Å²) >= 11 is 0. The number of rotatable bonds is 4. The second kappa shape index (κ2) is 6.14. The van der Waals surface area contributed by atoms with Crippen molar-refractivity contribution in [1.29, 1.82) is 10.7 Å². The largest absolute Gasteiger partial charge is 0.342 e. The highest BCUT2D eigenvalue weighted by Gasteiger charge is 2.18. The molecule has 1 saturated heterocycles. The van der Waals surface area contributed by atoms with E-state index in [9.17, 15) is 4.79 Å². The Morgan fingerprint density at radius 2 is 1.89 bits per heavy atom. The lowest BCUT2D eigenvalue weighted by Gasteiger charge is -2.15. The van der Waals surface area contributed by atoms with E-state index in [4.69, 9.17) is 10.7 Å². The van der Waals surface area contributed by atoms with Crippen LogP contribution in [0.5, 0.6) is 0 Å². The smallest absolute Gasteiger partial charge is 0.228 e. The molecule has 1 aromatic carbocycles. The summed E-state index contributed by atoms with van der Waals surface area (Å²) < 4.78 is 0. The van der Waals surface area contributed by atoms with E-state index >= 15 is 0 Å². The van der Waals surface area contributed by atoms with Crippen LogP contribution >= 0.6 is 0 Å². The summed E-state index contributed by atoms with van der Waals surface area (Å²) in [5.41, 5.74) is 2.02. The van der Waals surface area contributed by atoms with Crippen molar-refractivity contribution in [2.75, 3.05) is 13.1 Å². The van der Waals surface area contributed by atoms with Crippen molar-refractivity contribution in [3.8, 4) is 6.07 Å². The molecule has 98 valence electrons. The van der Waals surface area contributed by atoms with Crippen LogP contribution < -0.4 is 0 Å². The minimum absolute atomic E-state index is 0.0659. The number of amides is 1. The monoisotopic (exact) mass is 255 g/mol. The topological polar surface area (TPSA) is 68.0 Å². The Morgan fingerprint density at radius 3 is 2.47 bits per heavy atom. The molecule has 1 fully saturated rings. The van der Waals surface area contributed by atoms with E-state index in [1.807, 2.05) is 17.0 Å². The van der Waals surface area contributed by atoms with Crippen molar-refractivity contribution in [2.24, 2.45) is 0 Å². The Bertz CT molecular complexity index is 507. The molecule has 1 amide bonds. The van der Waals surface area contributed by atoms with Gasteiger partial charge in [0.15, 0.2) is 0 Å². The van der Waals surface area contributed by atoms with Crippen LogP contribution in [-0.2, 0) is 11.2 Å². The summed E-state index contributed by atoms with van der Waals surface area (Å²) in [6.45, 7) is 1.67. The van der Waals surface area contributed by atoms with E-state index in [2.05, 4.69) is 6.07 Å². The Hall–Kier alpha value is -2.15. The van der Waals surface area contributed by atoms with Gasteiger partial charge in [-0.25, -0.2) is 0 Å². The molecule has 1 N–H and O–H groups in total. The highest BCUT2D eigenvalue weighted by Crippen LogP contribution is 2.11. The van der Waals surface area contributed by atoms with E-state index in [0.29, 0.717) is 17.7 Å². The van der Waals surface area contributed by atoms with Gasteiger partial charge in [-0.05, 0) is 30.5 Å². The minimum Gasteiger partial charge on any atom is -0.342 e. The van der Waals surface area contributed by atoms with Crippen LogP contribution in [0.15, 0.2) is 24.3 Å². The van der Waals surface area contributed by atoms with Gasteiger partial charge in [0.2, 0.25) is 5.91 Å². The Balaban J connectivity index is 1.86. The second-order valence-electron chi connectivity index (χ2n) is 4.85. The molecule has 0 spiro atoms. The van der Waals surface area contributed by atoms with Gasteiger partial charge in [-0.3, -0.25) is 4.79 Å². The number of nitriles is 1. The fourth-order valence-electron chi connectivity index (χ4n) is 2.27. The van der Waals surface area contributed by atoms with Gasteiger partial charge < -0.3 is 10.3 Å². The van der Waals surface area contributed by atoms with Crippen LogP contribution in [0.4, 0.5) is 0 Å². The fourth-order valence-corrected chi connectivity index (χ4v) is 2.27. The van der Waals surface area contributed by atoms with E-state index < -0.39 is 0 Å². The third-order valence-corrected chi connectivity index (χ3v) is 3.32. The Kier molecular flexibility index (Phi) is 4.30. The van der Waals surface area contributed by atoms with Crippen LogP contribution in [-0.4, -0.2) is 29.6 Å². The van der Waals surface area contributed by atoms with Crippen LogP contribution in [0, 0.1) is 16.7 Å². The zero-order valence-corrected chi connectivity index (χ0v) is 10.9. The lowest BCUT2D eigenvalue weighted by Crippen LogP contribution is -2.29. The molecule has 0 aliphatic carbocycles. The predicted molar refractivity (Wildman–Crippen MR) is 73.0 cm³/mol. The summed E-state index contributed by atoms with van der Waals surface area (Å²) in [5.74, 6) is 0.0659. The van der Waals surface area contributed by atoms with Gasteiger partial charge in [0.05, 0.1) is 18.1 Å². The molecule has 1 aliphatic heterocycles. The van der Waals surface area contributed by atoms with Gasteiger partial charge in [-0.2, -0.15) is 5.26 Å². The van der Waals surface area contributed by atoms with Crippen molar-refractivity contribution in [1.82, 2.24) is 4.90 Å². The predicted octanol–water partition coefficient (Wildman–Crippen LogP) is 2.13. The van der Waals surface area contributed by atoms with Crippen LogP contribution in [0.25, 0.3) is 0 Å². The summed E-state index contributed by atoms with van der Waals surface area (Å²) in [6.07, 6.45) is 2.84. The average molecular weight is 255 g/mol. The van der Waals surface area contributed by atoms with Crippen LogP contribution in [0.2, 0.25) is 0 Å². The van der Waals surface area contributed by atoms with Gasteiger partial charge in [0, 0.05) is 25.2 Å². The maximum atomic E-state index is 11.9. The number of nitrogens with zero attached hydrogens (tertiary/aromatic N) is 2. The summed E-state index contributed by atoms with van der Waals surface area (Å²) in [5, 5.41) is 16.6. The van der Waals surface area contributed by atoms with Crippen molar-refractivity contribution < 1.29 is 4.79 Å². The third kappa shape index (κ3) is 3.65. The van der Waals surface area contributed by atoms with E-state index in [1.54, 1.807) is 12.1 Å². The molecule has 1 heterocycles. The standard InChI is InChI=1S/C15H17N3O/c16-11-13-5-3-12(4-6-13)9-14(17)10-15(19)18-7-1-2-8-18/h3-6,17H,1-2,7-10H2. The van der Waals surface area contributed by atoms with Crippen molar-refractivity contribution in [3.05, 3.63) is 35.4 Å². The summed E-state index contributed by atoms with van der Waals surface area (Å²) in [7, 11) is 0. The molecule has 1 aromatic rings. The molecule has 0 saturated carbocycles. The maximum Gasteiger partial charge on any atom is 0.228 e. The van der Waals surface area contributed by atoms with E-state index in [-0.39, 0.29) is 12.3 Å². The number of carbonyl (C=O) groups is 1. The molecule has 0 radical (unpaired) electrons. The average Bonchev–Trinajstić information content (AvgIpc) is 2.93. The molecular formula is C15H17N3O. The normalized spacial score (nSPS) is 14.2. The zero-order chi connectivity index (χ0) is 13.7. The Labute approximate surface area is 113 Å². The first-order valence-corrected chi connectivity index (χ1v) is 6.52. The number of likely N-dealkylation sites (tertiary alicyclic amines) is 1. The molecule has 19 heavy (non-hydrogen) atoms. The van der Waals surface area contributed by atoms with Crippen molar-refractivity contribution >= 4 is 11.6 Å². The maximum absolute atomic E-state index is 11.9. The molecular weight excluding hydrogens is 238 g/mol. The molecule has 0 aromatic heterocycles. The minimum atomic E-state index is 0.0659. The first kappa shape index (κ1) is 13.3. The third-order valence-electron chi connectivity index (χ3n) is 3.32. The summed E-state index contributed by atoms with van der Waals surface area (Å²) in [4.78, 5) is 13.7. The molecule has 4 heteroatoms. The quantitative estimate of drug-likeness (QED) is 0.837. The first-order chi connectivity index (χ1) is 9.19. The molecule has 2 rings (SSSR count). The van der Waals surface area contributed by atoms with Gasteiger partial charge in [0.1, 0.15) is 0 Å². The SMILES string of the molecule is N#Cc1ccc(CC(=N)CC(=O)N2CCCC2)cc1. The Morgan fingerprint density at radius 1 is 1.26 bits per heavy atom. The molecule has 4 nitrogen and oxygen atoms in total.